The molecule has 0 saturated carbocycles. The first kappa shape index (κ1) is 13.1. The van der Waals surface area contributed by atoms with E-state index in [-0.39, 0.29) is 31.9 Å². The van der Waals surface area contributed by atoms with Crippen LogP contribution in [0.2, 0.25) is 0 Å². The van der Waals surface area contributed by atoms with Crippen molar-refractivity contribution in [3.05, 3.63) is 12.7 Å². The number of carboxylic acids is 1. The summed E-state index contributed by atoms with van der Waals surface area (Å²) in [5.74, 6) is -1.12. The molecule has 0 amide bonds. The van der Waals surface area contributed by atoms with Crippen molar-refractivity contribution in [1.29, 1.82) is 0 Å². The minimum Gasteiger partial charge on any atom is -0.481 e. The molecule has 1 fully saturated rings. The Morgan fingerprint density at radius 3 is 2.88 bits per heavy atom. The lowest BCUT2D eigenvalue weighted by molar-refractivity contribution is -0.141. The molecule has 0 aliphatic carbocycles. The van der Waals surface area contributed by atoms with E-state index in [1.807, 2.05) is 0 Å². The van der Waals surface area contributed by atoms with E-state index in [1.54, 1.807) is 0 Å². The Kier molecular flexibility index (Phi) is 4.45. The molecule has 0 spiro atoms. The van der Waals surface area contributed by atoms with E-state index in [0.29, 0.717) is 0 Å². The third kappa shape index (κ3) is 3.58. The van der Waals surface area contributed by atoms with Crippen LogP contribution in [0.4, 0.5) is 0 Å². The van der Waals surface area contributed by atoms with Crippen molar-refractivity contribution in [2.24, 2.45) is 0 Å². The molecular formula is C9H15NO5S. The molecule has 1 aliphatic rings. The number of sulfonamides is 1. The fraction of sp³-hybridized carbons (Fsp3) is 0.667. The van der Waals surface area contributed by atoms with Gasteiger partial charge in [-0.15, -0.1) is 6.58 Å². The number of morpholine rings is 1. The van der Waals surface area contributed by atoms with E-state index in [2.05, 4.69) is 6.58 Å². The molecule has 1 atom stereocenters. The summed E-state index contributed by atoms with van der Waals surface area (Å²) in [6.07, 6.45) is 0.572. The van der Waals surface area contributed by atoms with Gasteiger partial charge in [0.2, 0.25) is 10.0 Å². The van der Waals surface area contributed by atoms with Crippen molar-refractivity contribution < 1.29 is 23.1 Å². The Hall–Kier alpha value is -0.920. The summed E-state index contributed by atoms with van der Waals surface area (Å²) in [7, 11) is -3.36. The van der Waals surface area contributed by atoms with E-state index in [9.17, 15) is 13.2 Å². The zero-order valence-electron chi connectivity index (χ0n) is 8.83. The highest BCUT2D eigenvalue weighted by molar-refractivity contribution is 7.89. The molecule has 0 aromatic heterocycles. The van der Waals surface area contributed by atoms with Crippen LogP contribution in [0.5, 0.6) is 0 Å². The van der Waals surface area contributed by atoms with Crippen LogP contribution in [0, 0.1) is 0 Å². The molecule has 16 heavy (non-hydrogen) atoms. The predicted molar refractivity (Wildman–Crippen MR) is 57.5 cm³/mol. The monoisotopic (exact) mass is 249 g/mol. The highest BCUT2D eigenvalue weighted by atomic mass is 32.2. The number of nitrogens with zero attached hydrogens (tertiary/aromatic N) is 1. The fourth-order valence-corrected chi connectivity index (χ4v) is 2.77. The van der Waals surface area contributed by atoms with Crippen molar-refractivity contribution in [3.8, 4) is 0 Å². The molecular weight excluding hydrogens is 234 g/mol. The number of aliphatic carboxylic acids is 1. The number of hydrogen-bond donors (Lipinski definition) is 1. The van der Waals surface area contributed by atoms with Crippen LogP contribution in [-0.4, -0.2) is 55.4 Å². The molecule has 0 bridgehead atoms. The van der Waals surface area contributed by atoms with E-state index < -0.39 is 22.1 Å². The van der Waals surface area contributed by atoms with E-state index in [0.717, 1.165) is 0 Å². The van der Waals surface area contributed by atoms with Crippen LogP contribution in [0.15, 0.2) is 12.7 Å². The Labute approximate surface area is 94.6 Å². The number of rotatable bonds is 5. The van der Waals surface area contributed by atoms with Gasteiger partial charge in [0.05, 0.1) is 24.9 Å². The molecule has 6 nitrogen and oxygen atoms in total. The van der Waals surface area contributed by atoms with Crippen LogP contribution in [0.25, 0.3) is 0 Å². The first-order valence-electron chi connectivity index (χ1n) is 4.88. The fourth-order valence-electron chi connectivity index (χ4n) is 1.52. The average Bonchev–Trinajstić information content (AvgIpc) is 2.17. The van der Waals surface area contributed by atoms with Gasteiger partial charge in [0.15, 0.2) is 0 Å². The van der Waals surface area contributed by atoms with E-state index in [1.165, 1.54) is 10.4 Å². The standard InChI is InChI=1S/C9H15NO5S/c1-2-5-16(13,14)10-3-4-15-8(7-10)6-9(11)12/h2,8H,1,3-7H2,(H,11,12). The van der Waals surface area contributed by atoms with Gasteiger partial charge in [0, 0.05) is 13.1 Å². The summed E-state index contributed by atoms with van der Waals surface area (Å²) in [5, 5.41) is 8.59. The number of carbonyl (C=O) groups is 1. The lowest BCUT2D eigenvalue weighted by Crippen LogP contribution is -2.46. The maximum absolute atomic E-state index is 11.7. The minimum atomic E-state index is -3.36. The van der Waals surface area contributed by atoms with Crippen LogP contribution in [-0.2, 0) is 19.6 Å². The summed E-state index contributed by atoms with van der Waals surface area (Å²) in [6, 6.07) is 0. The van der Waals surface area contributed by atoms with Gasteiger partial charge in [0.25, 0.3) is 0 Å². The third-order valence-electron chi connectivity index (χ3n) is 2.23. The minimum absolute atomic E-state index is 0.0997. The van der Waals surface area contributed by atoms with Crippen LogP contribution >= 0.6 is 0 Å². The molecule has 92 valence electrons. The van der Waals surface area contributed by atoms with Gasteiger partial charge in [-0.2, -0.15) is 4.31 Å². The van der Waals surface area contributed by atoms with Crippen LogP contribution in [0.1, 0.15) is 6.42 Å². The Bertz CT molecular complexity index is 364. The van der Waals surface area contributed by atoms with Gasteiger partial charge >= 0.3 is 5.97 Å². The molecule has 1 unspecified atom stereocenters. The van der Waals surface area contributed by atoms with E-state index in [4.69, 9.17) is 9.84 Å². The second-order valence-corrected chi connectivity index (χ2v) is 5.53. The quantitative estimate of drug-likeness (QED) is 0.675. The van der Waals surface area contributed by atoms with Crippen molar-refractivity contribution in [3.63, 3.8) is 0 Å². The second-order valence-electron chi connectivity index (χ2n) is 3.52. The van der Waals surface area contributed by atoms with Gasteiger partial charge in [0.1, 0.15) is 0 Å². The summed E-state index contributed by atoms with van der Waals surface area (Å²) in [6.45, 7) is 3.98. The average molecular weight is 249 g/mol. The van der Waals surface area contributed by atoms with Crippen molar-refractivity contribution in [1.82, 2.24) is 4.31 Å². The highest BCUT2D eigenvalue weighted by Gasteiger charge is 2.29. The molecule has 0 aromatic carbocycles. The molecule has 1 rings (SSSR count). The second kappa shape index (κ2) is 5.42. The van der Waals surface area contributed by atoms with Crippen LogP contribution < -0.4 is 0 Å². The highest BCUT2D eigenvalue weighted by Crippen LogP contribution is 2.13. The summed E-state index contributed by atoms with van der Waals surface area (Å²) >= 11 is 0. The normalized spacial score (nSPS) is 22.9. The predicted octanol–water partition coefficient (Wildman–Crippen LogP) is -0.322. The number of carboxylic acid groups (broad SMARTS) is 1. The van der Waals surface area contributed by atoms with Gasteiger partial charge in [-0.1, -0.05) is 6.08 Å². The third-order valence-corrected chi connectivity index (χ3v) is 4.00. The van der Waals surface area contributed by atoms with Gasteiger partial charge in [-0.3, -0.25) is 4.79 Å². The lowest BCUT2D eigenvalue weighted by Gasteiger charge is -2.31. The molecule has 0 radical (unpaired) electrons. The molecule has 7 heteroatoms. The summed E-state index contributed by atoms with van der Waals surface area (Å²) < 4.78 is 29.8. The molecule has 1 saturated heterocycles. The Morgan fingerprint density at radius 1 is 1.62 bits per heavy atom. The van der Waals surface area contributed by atoms with E-state index >= 15 is 0 Å². The lowest BCUT2D eigenvalue weighted by atomic mass is 10.2. The maximum Gasteiger partial charge on any atom is 0.306 e. The van der Waals surface area contributed by atoms with Crippen LogP contribution in [0.3, 0.4) is 0 Å². The molecule has 1 N–H and O–H groups in total. The van der Waals surface area contributed by atoms with Gasteiger partial charge in [-0.05, 0) is 0 Å². The Morgan fingerprint density at radius 2 is 2.31 bits per heavy atom. The first-order chi connectivity index (χ1) is 7.45. The van der Waals surface area contributed by atoms with Crippen molar-refractivity contribution in [2.75, 3.05) is 25.4 Å². The van der Waals surface area contributed by atoms with Gasteiger partial charge in [-0.25, -0.2) is 8.42 Å². The SMILES string of the molecule is C=CCS(=O)(=O)N1CCOC(CC(=O)O)C1. The smallest absolute Gasteiger partial charge is 0.306 e. The largest absolute Gasteiger partial charge is 0.481 e. The summed E-state index contributed by atoms with van der Waals surface area (Å²) in [5.41, 5.74) is 0. The number of ether oxygens (including phenoxy) is 1. The molecule has 0 aromatic rings. The summed E-state index contributed by atoms with van der Waals surface area (Å²) in [4.78, 5) is 10.5. The Balaban J connectivity index is 2.63. The zero-order chi connectivity index (χ0) is 12.2. The topological polar surface area (TPSA) is 83.9 Å². The number of hydrogen-bond acceptors (Lipinski definition) is 4. The molecule has 1 aliphatic heterocycles. The van der Waals surface area contributed by atoms with Gasteiger partial charge < -0.3 is 9.84 Å². The zero-order valence-corrected chi connectivity index (χ0v) is 9.65. The van der Waals surface area contributed by atoms with Crippen molar-refractivity contribution in [2.45, 2.75) is 12.5 Å². The maximum atomic E-state index is 11.7. The molecule has 1 heterocycles. The van der Waals surface area contributed by atoms with Crippen molar-refractivity contribution >= 4 is 16.0 Å². The first-order valence-corrected chi connectivity index (χ1v) is 6.48.